The Bertz CT molecular complexity index is 485. The number of amides is 1. The molecule has 6 heteroatoms. The van der Waals surface area contributed by atoms with Crippen molar-refractivity contribution in [3.63, 3.8) is 0 Å². The highest BCUT2D eigenvalue weighted by Gasteiger charge is 2.35. The maximum Gasteiger partial charge on any atom is 0.254 e. The van der Waals surface area contributed by atoms with Crippen LogP contribution in [0.2, 0.25) is 0 Å². The van der Waals surface area contributed by atoms with Gasteiger partial charge in [0.2, 0.25) is 0 Å². The maximum atomic E-state index is 12.3. The SMILES string of the molecule is CCc1ncc(C(=O)N[C@@H]2COC[C@H]2N2CCCC2)cn1. The number of ether oxygens (including phenoxy) is 1. The first kappa shape index (κ1) is 14.4. The lowest BCUT2D eigenvalue weighted by atomic mass is 10.1. The molecule has 0 saturated carbocycles. The summed E-state index contributed by atoms with van der Waals surface area (Å²) in [5.74, 6) is 0.642. The van der Waals surface area contributed by atoms with Gasteiger partial charge in [-0.1, -0.05) is 6.92 Å². The Labute approximate surface area is 124 Å². The van der Waals surface area contributed by atoms with E-state index < -0.39 is 0 Å². The molecule has 114 valence electrons. The van der Waals surface area contributed by atoms with E-state index in [4.69, 9.17) is 4.74 Å². The molecule has 2 aliphatic rings. The smallest absolute Gasteiger partial charge is 0.254 e. The van der Waals surface area contributed by atoms with E-state index in [-0.39, 0.29) is 11.9 Å². The summed E-state index contributed by atoms with van der Waals surface area (Å²) >= 11 is 0. The summed E-state index contributed by atoms with van der Waals surface area (Å²) in [5.41, 5.74) is 0.513. The fourth-order valence-corrected chi connectivity index (χ4v) is 3.02. The molecular formula is C15H22N4O2. The van der Waals surface area contributed by atoms with Crippen molar-refractivity contribution < 1.29 is 9.53 Å². The number of hydrogen-bond donors (Lipinski definition) is 1. The van der Waals surface area contributed by atoms with Crippen LogP contribution in [0.5, 0.6) is 0 Å². The van der Waals surface area contributed by atoms with Crippen molar-refractivity contribution in [1.82, 2.24) is 20.2 Å². The molecule has 2 saturated heterocycles. The quantitative estimate of drug-likeness (QED) is 0.881. The summed E-state index contributed by atoms with van der Waals surface area (Å²) < 4.78 is 5.57. The van der Waals surface area contributed by atoms with Crippen molar-refractivity contribution in [3.05, 3.63) is 23.8 Å². The minimum atomic E-state index is -0.114. The molecule has 6 nitrogen and oxygen atoms in total. The number of carbonyl (C=O) groups excluding carboxylic acids is 1. The van der Waals surface area contributed by atoms with Crippen molar-refractivity contribution >= 4 is 5.91 Å². The first-order chi connectivity index (χ1) is 10.3. The highest BCUT2D eigenvalue weighted by Crippen LogP contribution is 2.19. The van der Waals surface area contributed by atoms with Crippen molar-refractivity contribution in [3.8, 4) is 0 Å². The third-order valence-electron chi connectivity index (χ3n) is 4.26. The second kappa shape index (κ2) is 6.49. The Kier molecular flexibility index (Phi) is 4.45. The molecule has 2 fully saturated rings. The summed E-state index contributed by atoms with van der Waals surface area (Å²) in [4.78, 5) is 23.1. The minimum absolute atomic E-state index is 0.0569. The number of likely N-dealkylation sites (tertiary alicyclic amines) is 1. The highest BCUT2D eigenvalue weighted by molar-refractivity contribution is 5.93. The van der Waals surface area contributed by atoms with E-state index in [0.717, 1.165) is 25.3 Å². The van der Waals surface area contributed by atoms with Gasteiger partial charge in [-0.2, -0.15) is 0 Å². The predicted molar refractivity (Wildman–Crippen MR) is 78.1 cm³/mol. The molecule has 0 bridgehead atoms. The van der Waals surface area contributed by atoms with Crippen LogP contribution in [0.1, 0.15) is 35.9 Å². The Hall–Kier alpha value is -1.53. The van der Waals surface area contributed by atoms with Gasteiger partial charge >= 0.3 is 0 Å². The lowest BCUT2D eigenvalue weighted by Gasteiger charge is -2.27. The number of aromatic nitrogens is 2. The summed E-state index contributed by atoms with van der Waals surface area (Å²) in [6.45, 7) is 5.49. The number of nitrogens with one attached hydrogen (secondary N) is 1. The fourth-order valence-electron chi connectivity index (χ4n) is 3.02. The molecule has 0 spiro atoms. The van der Waals surface area contributed by atoms with Gasteiger partial charge in [-0.15, -0.1) is 0 Å². The summed E-state index contributed by atoms with van der Waals surface area (Å²) in [6, 6.07) is 0.355. The summed E-state index contributed by atoms with van der Waals surface area (Å²) in [6.07, 6.45) is 6.45. The van der Waals surface area contributed by atoms with E-state index in [2.05, 4.69) is 20.2 Å². The van der Waals surface area contributed by atoms with Crippen LogP contribution in [0.3, 0.4) is 0 Å². The van der Waals surface area contributed by atoms with Crippen LogP contribution in [0.25, 0.3) is 0 Å². The van der Waals surface area contributed by atoms with Crippen molar-refractivity contribution in [2.75, 3.05) is 26.3 Å². The Morgan fingerprint density at radius 1 is 1.33 bits per heavy atom. The molecule has 1 amide bonds. The minimum Gasteiger partial charge on any atom is -0.378 e. The summed E-state index contributed by atoms with van der Waals surface area (Å²) in [5, 5.41) is 3.07. The fraction of sp³-hybridized carbons (Fsp3) is 0.667. The molecule has 1 aromatic heterocycles. The maximum absolute atomic E-state index is 12.3. The lowest BCUT2D eigenvalue weighted by molar-refractivity contribution is 0.0916. The molecule has 3 heterocycles. The number of carbonyl (C=O) groups is 1. The van der Waals surface area contributed by atoms with E-state index in [1.165, 1.54) is 12.8 Å². The molecule has 0 aliphatic carbocycles. The molecule has 0 aromatic carbocycles. The van der Waals surface area contributed by atoms with Gasteiger partial charge in [-0.3, -0.25) is 9.69 Å². The molecule has 2 aliphatic heterocycles. The van der Waals surface area contributed by atoms with Crippen molar-refractivity contribution in [2.24, 2.45) is 0 Å². The Balaban J connectivity index is 1.62. The Morgan fingerprint density at radius 3 is 2.71 bits per heavy atom. The van der Waals surface area contributed by atoms with Gasteiger partial charge in [0, 0.05) is 18.8 Å². The van der Waals surface area contributed by atoms with Crippen LogP contribution in [-0.4, -0.2) is 59.2 Å². The van der Waals surface area contributed by atoms with E-state index in [0.29, 0.717) is 24.8 Å². The summed E-state index contributed by atoms with van der Waals surface area (Å²) in [7, 11) is 0. The van der Waals surface area contributed by atoms with E-state index in [1.54, 1.807) is 12.4 Å². The third-order valence-corrected chi connectivity index (χ3v) is 4.26. The molecule has 3 rings (SSSR count). The highest BCUT2D eigenvalue weighted by atomic mass is 16.5. The third kappa shape index (κ3) is 3.22. The second-order valence-corrected chi connectivity index (χ2v) is 5.67. The van der Waals surface area contributed by atoms with E-state index in [1.807, 2.05) is 6.92 Å². The molecule has 0 radical (unpaired) electrons. The van der Waals surface area contributed by atoms with Gasteiger partial charge in [0.25, 0.3) is 5.91 Å². The van der Waals surface area contributed by atoms with Crippen LogP contribution in [0, 0.1) is 0 Å². The van der Waals surface area contributed by atoms with Crippen LogP contribution in [0.4, 0.5) is 0 Å². The zero-order chi connectivity index (χ0) is 14.7. The predicted octanol–water partition coefficient (Wildman–Crippen LogP) is 0.632. The average Bonchev–Trinajstić information content (AvgIpc) is 3.18. The zero-order valence-corrected chi connectivity index (χ0v) is 12.4. The first-order valence-corrected chi connectivity index (χ1v) is 7.71. The molecule has 1 N–H and O–H groups in total. The topological polar surface area (TPSA) is 67.3 Å². The Morgan fingerprint density at radius 2 is 2.05 bits per heavy atom. The van der Waals surface area contributed by atoms with Gasteiger partial charge in [-0.05, 0) is 25.9 Å². The average molecular weight is 290 g/mol. The van der Waals surface area contributed by atoms with Gasteiger partial charge in [0.15, 0.2) is 0 Å². The van der Waals surface area contributed by atoms with E-state index in [9.17, 15) is 4.79 Å². The van der Waals surface area contributed by atoms with Gasteiger partial charge < -0.3 is 10.1 Å². The molecule has 0 unspecified atom stereocenters. The van der Waals surface area contributed by atoms with Crippen LogP contribution in [-0.2, 0) is 11.2 Å². The van der Waals surface area contributed by atoms with Crippen molar-refractivity contribution in [2.45, 2.75) is 38.3 Å². The number of nitrogens with zero attached hydrogens (tertiary/aromatic N) is 3. The van der Waals surface area contributed by atoms with Crippen LogP contribution < -0.4 is 5.32 Å². The molecule has 1 aromatic rings. The largest absolute Gasteiger partial charge is 0.378 e. The van der Waals surface area contributed by atoms with Crippen LogP contribution >= 0.6 is 0 Å². The van der Waals surface area contributed by atoms with Gasteiger partial charge in [0.1, 0.15) is 5.82 Å². The number of hydrogen-bond acceptors (Lipinski definition) is 5. The number of rotatable bonds is 4. The lowest BCUT2D eigenvalue weighted by Crippen LogP contribution is -2.50. The van der Waals surface area contributed by atoms with Gasteiger partial charge in [0.05, 0.1) is 30.9 Å². The molecule has 21 heavy (non-hydrogen) atoms. The second-order valence-electron chi connectivity index (χ2n) is 5.67. The first-order valence-electron chi connectivity index (χ1n) is 7.71. The van der Waals surface area contributed by atoms with Crippen LogP contribution in [0.15, 0.2) is 12.4 Å². The van der Waals surface area contributed by atoms with Gasteiger partial charge in [-0.25, -0.2) is 9.97 Å². The monoisotopic (exact) mass is 290 g/mol. The van der Waals surface area contributed by atoms with E-state index >= 15 is 0 Å². The molecular weight excluding hydrogens is 268 g/mol. The van der Waals surface area contributed by atoms with Crippen molar-refractivity contribution in [1.29, 1.82) is 0 Å². The molecule has 2 atom stereocenters. The zero-order valence-electron chi connectivity index (χ0n) is 12.4. The number of aryl methyl sites for hydroxylation is 1. The standard InChI is InChI=1S/C15H22N4O2/c1-2-14-16-7-11(8-17-14)15(20)18-12-9-21-10-13(12)19-5-3-4-6-19/h7-8,12-13H,2-6,9-10H2,1H3,(H,18,20)/t12-,13-/m1/s1. The normalized spacial score (nSPS) is 26.1.